The zero-order valence-electron chi connectivity index (χ0n) is 17.4. The third kappa shape index (κ3) is 4.17. The lowest BCUT2D eigenvalue weighted by atomic mass is 9.77. The minimum Gasteiger partial charge on any atom is -0.319 e. The monoisotopic (exact) mass is 432 g/mol. The van der Waals surface area contributed by atoms with E-state index in [1.807, 2.05) is 65.4 Å². The third-order valence-corrected chi connectivity index (χ3v) is 5.94. The average Bonchev–Trinajstić information content (AvgIpc) is 3.26. The minimum absolute atomic E-state index is 0.539. The van der Waals surface area contributed by atoms with E-state index >= 15 is 0 Å². The molecule has 1 heterocycles. The first kappa shape index (κ1) is 21.0. The van der Waals surface area contributed by atoms with Crippen LogP contribution in [0.15, 0.2) is 104 Å². The summed E-state index contributed by atoms with van der Waals surface area (Å²) >= 11 is 0. The smallest absolute Gasteiger partial charge is 0.265 e. The maximum atomic E-state index is 11.6. The molecule has 31 heavy (non-hydrogen) atoms. The van der Waals surface area contributed by atoms with Gasteiger partial charge in [-0.1, -0.05) is 91.0 Å². The van der Waals surface area contributed by atoms with Gasteiger partial charge in [-0.2, -0.15) is 8.42 Å². The largest absolute Gasteiger partial charge is 0.319 e. The molecule has 0 saturated carbocycles. The van der Waals surface area contributed by atoms with E-state index in [1.54, 1.807) is 13.3 Å². The molecule has 0 aliphatic carbocycles. The summed E-state index contributed by atoms with van der Waals surface area (Å²) in [6, 6.07) is 30.6. The highest BCUT2D eigenvalue weighted by Gasteiger charge is 2.38. The van der Waals surface area contributed by atoms with Crippen molar-refractivity contribution in [2.75, 3.05) is 6.26 Å². The average molecular weight is 433 g/mol. The van der Waals surface area contributed by atoms with Gasteiger partial charge < -0.3 is 4.57 Å². The fourth-order valence-electron chi connectivity index (χ4n) is 4.03. The first-order valence-electron chi connectivity index (χ1n) is 10.0. The Balaban J connectivity index is 1.98. The molecule has 0 spiro atoms. The van der Waals surface area contributed by atoms with Crippen LogP contribution in [-0.2, 0) is 19.8 Å². The van der Waals surface area contributed by atoms with Crippen molar-refractivity contribution in [1.82, 2.24) is 9.55 Å². The molecule has 158 valence electrons. The summed E-state index contributed by atoms with van der Waals surface area (Å²) in [5.74, 6) is 0. The lowest BCUT2D eigenvalue weighted by Crippen LogP contribution is -2.37. The van der Waals surface area contributed by atoms with Gasteiger partial charge in [0.25, 0.3) is 10.1 Å². The molecule has 5 nitrogen and oxygen atoms in total. The minimum atomic E-state index is -3.60. The molecule has 0 aliphatic rings. The van der Waals surface area contributed by atoms with Gasteiger partial charge in [0.15, 0.2) is 0 Å². The molecule has 0 bridgehead atoms. The van der Waals surface area contributed by atoms with Crippen molar-refractivity contribution in [2.45, 2.75) is 18.6 Å². The van der Waals surface area contributed by atoms with E-state index in [4.69, 9.17) is 4.18 Å². The summed E-state index contributed by atoms with van der Waals surface area (Å²) in [6.45, 7) is 1.68. The number of aromatic nitrogens is 2. The summed E-state index contributed by atoms with van der Waals surface area (Å²) in [6.07, 6.45) is 3.95. The number of hydrogen-bond donors (Lipinski definition) is 0. The Labute approximate surface area is 183 Å². The molecule has 0 aliphatic heterocycles. The van der Waals surface area contributed by atoms with Crippen LogP contribution in [0.4, 0.5) is 0 Å². The van der Waals surface area contributed by atoms with Crippen LogP contribution in [0, 0.1) is 0 Å². The first-order valence-corrected chi connectivity index (χ1v) is 11.8. The molecule has 3 aromatic carbocycles. The predicted octanol–water partition coefficient (Wildman–Crippen LogP) is 4.76. The maximum Gasteiger partial charge on any atom is 0.265 e. The summed E-state index contributed by atoms with van der Waals surface area (Å²) in [4.78, 5) is 4.52. The summed E-state index contributed by atoms with van der Waals surface area (Å²) in [7, 11) is -3.60. The Hall–Kier alpha value is -3.22. The number of imidazole rings is 1. The van der Waals surface area contributed by atoms with Crippen molar-refractivity contribution < 1.29 is 12.6 Å². The van der Waals surface area contributed by atoms with Gasteiger partial charge in [0, 0.05) is 6.20 Å². The van der Waals surface area contributed by atoms with Crippen LogP contribution in [0.2, 0.25) is 0 Å². The molecule has 4 aromatic rings. The van der Waals surface area contributed by atoms with Gasteiger partial charge in [0.05, 0.1) is 18.3 Å². The molecule has 4 rings (SSSR count). The van der Waals surface area contributed by atoms with Crippen molar-refractivity contribution in [3.05, 3.63) is 126 Å². The SMILES string of the molecule is CC(OS(C)(=O)=O)c1cn(C(c2ccccc2)(c2ccccc2)c2ccccc2)cn1. The molecule has 0 fully saturated rings. The van der Waals surface area contributed by atoms with Crippen LogP contribution in [0.1, 0.15) is 35.4 Å². The van der Waals surface area contributed by atoms with Gasteiger partial charge in [-0.15, -0.1) is 0 Å². The highest BCUT2D eigenvalue weighted by molar-refractivity contribution is 7.86. The van der Waals surface area contributed by atoms with Crippen molar-refractivity contribution in [1.29, 1.82) is 0 Å². The van der Waals surface area contributed by atoms with E-state index in [-0.39, 0.29) is 0 Å². The van der Waals surface area contributed by atoms with Crippen LogP contribution < -0.4 is 0 Å². The number of nitrogens with zero attached hydrogens (tertiary/aromatic N) is 2. The van der Waals surface area contributed by atoms with Crippen LogP contribution in [0.25, 0.3) is 0 Å². The van der Waals surface area contributed by atoms with Crippen LogP contribution in [0.3, 0.4) is 0 Å². The summed E-state index contributed by atoms with van der Waals surface area (Å²) in [5, 5.41) is 0. The van der Waals surface area contributed by atoms with E-state index in [2.05, 4.69) is 41.4 Å². The Morgan fingerprint density at radius 2 is 1.23 bits per heavy atom. The fraction of sp³-hybridized carbons (Fsp3) is 0.160. The second kappa shape index (κ2) is 8.49. The maximum absolute atomic E-state index is 11.6. The van der Waals surface area contributed by atoms with Crippen molar-refractivity contribution in [3.8, 4) is 0 Å². The standard InChI is InChI=1S/C25H24N2O3S/c1-20(30-31(2,28)29)24-18-27(19-26-24)25(21-12-6-3-7-13-21,22-14-8-4-9-15-22)23-16-10-5-11-17-23/h3-20H,1-2H3. The van der Waals surface area contributed by atoms with Crippen LogP contribution in [0.5, 0.6) is 0 Å². The molecular formula is C25H24N2O3S. The lowest BCUT2D eigenvalue weighted by molar-refractivity contribution is 0.232. The van der Waals surface area contributed by atoms with E-state index in [9.17, 15) is 8.42 Å². The number of benzene rings is 3. The van der Waals surface area contributed by atoms with E-state index in [0.29, 0.717) is 5.69 Å². The molecule has 1 aromatic heterocycles. The molecule has 0 saturated heterocycles. The van der Waals surface area contributed by atoms with Crippen LogP contribution in [-0.4, -0.2) is 24.2 Å². The predicted molar refractivity (Wildman–Crippen MR) is 121 cm³/mol. The van der Waals surface area contributed by atoms with Gasteiger partial charge in [0.2, 0.25) is 0 Å². The normalized spacial score (nSPS) is 13.1. The quantitative estimate of drug-likeness (QED) is 0.312. The first-order chi connectivity index (χ1) is 14.9. The Bertz CT molecular complexity index is 1140. The van der Waals surface area contributed by atoms with Gasteiger partial charge in [-0.3, -0.25) is 4.18 Å². The molecule has 0 N–H and O–H groups in total. The second-order valence-corrected chi connectivity index (χ2v) is 9.06. The van der Waals surface area contributed by atoms with Crippen molar-refractivity contribution in [2.24, 2.45) is 0 Å². The van der Waals surface area contributed by atoms with Gasteiger partial charge >= 0.3 is 0 Å². The van der Waals surface area contributed by atoms with Gasteiger partial charge in [-0.25, -0.2) is 4.98 Å². The van der Waals surface area contributed by atoms with E-state index in [0.717, 1.165) is 22.9 Å². The Kier molecular flexibility index (Phi) is 5.76. The van der Waals surface area contributed by atoms with Crippen LogP contribution >= 0.6 is 0 Å². The molecule has 0 radical (unpaired) electrons. The molecular weight excluding hydrogens is 408 g/mol. The van der Waals surface area contributed by atoms with Gasteiger partial charge in [-0.05, 0) is 23.6 Å². The van der Waals surface area contributed by atoms with E-state index < -0.39 is 21.8 Å². The number of hydrogen-bond acceptors (Lipinski definition) is 4. The van der Waals surface area contributed by atoms with Gasteiger partial charge in [0.1, 0.15) is 11.6 Å². The highest BCUT2D eigenvalue weighted by Crippen LogP contribution is 2.41. The Morgan fingerprint density at radius 1 is 0.806 bits per heavy atom. The summed E-state index contributed by atoms with van der Waals surface area (Å²) in [5.41, 5.74) is 3.03. The molecule has 1 unspecified atom stereocenters. The second-order valence-electron chi connectivity index (χ2n) is 7.46. The summed E-state index contributed by atoms with van der Waals surface area (Å²) < 4.78 is 30.4. The Morgan fingerprint density at radius 3 is 1.61 bits per heavy atom. The fourth-order valence-corrected chi connectivity index (χ4v) is 4.65. The number of rotatable bonds is 7. The third-order valence-electron chi connectivity index (χ3n) is 5.30. The zero-order valence-corrected chi connectivity index (χ0v) is 18.2. The highest BCUT2D eigenvalue weighted by atomic mass is 32.2. The topological polar surface area (TPSA) is 61.2 Å². The lowest BCUT2D eigenvalue weighted by Gasteiger charge is -2.37. The molecule has 1 atom stereocenters. The molecule has 6 heteroatoms. The van der Waals surface area contributed by atoms with Crippen molar-refractivity contribution in [3.63, 3.8) is 0 Å². The van der Waals surface area contributed by atoms with E-state index in [1.165, 1.54) is 0 Å². The zero-order chi connectivity index (χ0) is 21.9. The van der Waals surface area contributed by atoms with Crippen molar-refractivity contribution >= 4 is 10.1 Å². The molecule has 0 amide bonds.